The van der Waals surface area contributed by atoms with Crippen molar-refractivity contribution in [2.75, 3.05) is 38.0 Å². The van der Waals surface area contributed by atoms with Crippen LogP contribution in [0.2, 0.25) is 0 Å². The molecule has 2 aromatic heterocycles. The fourth-order valence-electron chi connectivity index (χ4n) is 6.25. The zero-order chi connectivity index (χ0) is 35.5. The lowest BCUT2D eigenvalue weighted by Gasteiger charge is -2.28. The van der Waals surface area contributed by atoms with Crippen molar-refractivity contribution >= 4 is 42.6 Å². The van der Waals surface area contributed by atoms with E-state index in [4.69, 9.17) is 13.8 Å². The van der Waals surface area contributed by atoms with Crippen molar-refractivity contribution in [3.05, 3.63) is 58.4 Å². The molecular formula is C32H38F3N6O7P. The second kappa shape index (κ2) is 14.7. The molecule has 264 valence electrons. The predicted molar refractivity (Wildman–Crippen MR) is 174 cm³/mol. The van der Waals surface area contributed by atoms with E-state index in [0.29, 0.717) is 43.1 Å². The van der Waals surface area contributed by atoms with Gasteiger partial charge in [-0.1, -0.05) is 6.07 Å². The molecule has 3 aromatic rings. The fourth-order valence-corrected chi connectivity index (χ4v) is 7.86. The Hall–Kier alpha value is -4.27. The number of carboxylic acids is 1. The highest BCUT2D eigenvalue weighted by atomic mass is 31.2. The van der Waals surface area contributed by atoms with Crippen molar-refractivity contribution in [3.8, 4) is 5.88 Å². The lowest BCUT2D eigenvalue weighted by atomic mass is 9.77. The number of benzene rings is 1. The molecule has 0 bridgehead atoms. The molecule has 1 aliphatic carbocycles. The smallest absolute Gasteiger partial charge is 0.421 e. The number of anilines is 4. The number of carbonyl (C=O) groups is 2. The Labute approximate surface area is 281 Å². The number of carbonyl (C=O) groups excluding carboxylic acids is 1. The Morgan fingerprint density at radius 3 is 2.33 bits per heavy atom. The van der Waals surface area contributed by atoms with Crippen LogP contribution >= 0.6 is 7.60 Å². The first kappa shape index (κ1) is 36.0. The molecule has 0 spiro atoms. The number of methoxy groups -OCH3 is 1. The van der Waals surface area contributed by atoms with Crippen LogP contribution in [0.25, 0.3) is 0 Å². The van der Waals surface area contributed by atoms with Gasteiger partial charge in [-0.25, -0.2) is 9.97 Å². The van der Waals surface area contributed by atoms with Gasteiger partial charge in [-0.2, -0.15) is 18.2 Å². The van der Waals surface area contributed by atoms with E-state index in [1.807, 2.05) is 0 Å². The third-order valence-electron chi connectivity index (χ3n) is 8.53. The molecule has 13 nitrogen and oxygen atoms in total. The highest BCUT2D eigenvalue weighted by Gasteiger charge is 2.38. The van der Waals surface area contributed by atoms with Gasteiger partial charge in [0.15, 0.2) is 0 Å². The van der Waals surface area contributed by atoms with Crippen LogP contribution in [-0.4, -0.2) is 64.2 Å². The topological polar surface area (TPSA) is 165 Å². The summed E-state index contributed by atoms with van der Waals surface area (Å²) in [6.07, 6.45) is -2.05. The first-order valence-corrected chi connectivity index (χ1v) is 17.5. The van der Waals surface area contributed by atoms with E-state index in [2.05, 4.69) is 25.6 Å². The molecule has 2 aliphatic rings. The second-order valence-corrected chi connectivity index (χ2v) is 13.8. The van der Waals surface area contributed by atoms with E-state index in [1.165, 1.54) is 18.1 Å². The van der Waals surface area contributed by atoms with Crippen LogP contribution in [-0.2, 0) is 37.3 Å². The van der Waals surface area contributed by atoms with E-state index in [9.17, 15) is 32.4 Å². The summed E-state index contributed by atoms with van der Waals surface area (Å²) < 4.78 is 71.6. The van der Waals surface area contributed by atoms with Crippen LogP contribution < -0.4 is 15.4 Å². The average molecular weight is 707 g/mol. The number of hydrogen-bond acceptors (Lipinski definition) is 11. The van der Waals surface area contributed by atoms with Gasteiger partial charge in [-0.05, 0) is 74.8 Å². The number of ether oxygens (including phenoxy) is 1. The standard InChI is InChI=1S/C32H38F3N6O7P/c1-5-47-49(45,48-6-2)17-20-11-13-25(28(37-20)46-4)39-31-36-15-23(32(33,34)35)27(40-31)38-24-14-12-21(22-16-41(3)29(42)26(22)24)18-7-9-19(10-8-18)30(43)44/h11-15,18-19H,5-10,16-17H2,1-4H3,(H,43,44)(H2,36,38,39,40). The predicted octanol–water partition coefficient (Wildman–Crippen LogP) is 7.10. The quantitative estimate of drug-likeness (QED) is 0.155. The highest BCUT2D eigenvalue weighted by Crippen LogP contribution is 2.51. The summed E-state index contributed by atoms with van der Waals surface area (Å²) in [5.41, 5.74) is 1.41. The summed E-state index contributed by atoms with van der Waals surface area (Å²) in [5.74, 6) is -2.33. The molecule has 1 aliphatic heterocycles. The SMILES string of the molecule is CCOP(=O)(Cc1ccc(Nc2ncc(C(F)(F)F)c(Nc3ccc(C4CCC(C(=O)O)CC4)c4c3C(=O)N(C)C4)n2)c(OC)n1)OCC. The van der Waals surface area contributed by atoms with Gasteiger partial charge in [-0.15, -0.1) is 0 Å². The van der Waals surface area contributed by atoms with Gasteiger partial charge < -0.3 is 34.4 Å². The summed E-state index contributed by atoms with van der Waals surface area (Å²) in [5, 5.41) is 15.0. The molecule has 3 heterocycles. The molecule has 1 amide bonds. The van der Waals surface area contributed by atoms with Crippen molar-refractivity contribution in [3.63, 3.8) is 0 Å². The minimum Gasteiger partial charge on any atom is -0.481 e. The molecular weight excluding hydrogens is 668 g/mol. The molecule has 17 heteroatoms. The third kappa shape index (κ3) is 7.97. The largest absolute Gasteiger partial charge is 0.481 e. The first-order chi connectivity index (χ1) is 23.3. The number of rotatable bonds is 13. The summed E-state index contributed by atoms with van der Waals surface area (Å²) in [7, 11) is -0.512. The van der Waals surface area contributed by atoms with Crippen LogP contribution in [0, 0.1) is 5.92 Å². The number of aliphatic carboxylic acids is 1. The molecule has 0 radical (unpaired) electrons. The average Bonchev–Trinajstić information content (AvgIpc) is 3.35. The summed E-state index contributed by atoms with van der Waals surface area (Å²) in [6.45, 7) is 3.99. The number of fused-ring (bicyclic) bond motifs is 1. The van der Waals surface area contributed by atoms with Gasteiger partial charge in [0.1, 0.15) is 17.1 Å². The van der Waals surface area contributed by atoms with Crippen molar-refractivity contribution in [1.29, 1.82) is 0 Å². The zero-order valence-electron chi connectivity index (χ0n) is 27.5. The molecule has 1 aromatic carbocycles. The maximum atomic E-state index is 14.2. The number of nitrogens with one attached hydrogen (secondary N) is 2. The number of nitrogens with zero attached hydrogens (tertiary/aromatic N) is 4. The molecule has 5 rings (SSSR count). The summed E-state index contributed by atoms with van der Waals surface area (Å²) in [4.78, 5) is 38.6. The Bertz CT molecular complexity index is 1760. The van der Waals surface area contributed by atoms with Crippen LogP contribution in [0.5, 0.6) is 5.88 Å². The van der Waals surface area contributed by atoms with Gasteiger partial charge in [0.2, 0.25) is 11.8 Å². The molecule has 1 fully saturated rings. The van der Waals surface area contributed by atoms with Gasteiger partial charge in [0, 0.05) is 19.8 Å². The number of halogens is 3. The van der Waals surface area contributed by atoms with E-state index in [1.54, 1.807) is 39.1 Å². The lowest BCUT2D eigenvalue weighted by molar-refractivity contribution is -0.143. The van der Waals surface area contributed by atoms with E-state index in [0.717, 1.165) is 5.56 Å². The van der Waals surface area contributed by atoms with Crippen molar-refractivity contribution in [2.24, 2.45) is 5.92 Å². The minimum atomic E-state index is -4.83. The van der Waals surface area contributed by atoms with Gasteiger partial charge in [0.25, 0.3) is 5.91 Å². The molecule has 0 saturated heterocycles. The summed E-state index contributed by atoms with van der Waals surface area (Å²) >= 11 is 0. The number of pyridine rings is 1. The van der Waals surface area contributed by atoms with Gasteiger partial charge >= 0.3 is 19.7 Å². The van der Waals surface area contributed by atoms with E-state index in [-0.39, 0.29) is 66.5 Å². The number of alkyl halides is 3. The molecule has 0 atom stereocenters. The number of carboxylic acid groups (broad SMARTS) is 1. The minimum absolute atomic E-state index is 0.0264. The van der Waals surface area contributed by atoms with Crippen molar-refractivity contribution in [2.45, 2.75) is 64.3 Å². The van der Waals surface area contributed by atoms with Crippen molar-refractivity contribution in [1.82, 2.24) is 19.9 Å². The third-order valence-corrected chi connectivity index (χ3v) is 10.5. The van der Waals surface area contributed by atoms with Crippen LogP contribution in [0.1, 0.15) is 78.2 Å². The lowest BCUT2D eigenvalue weighted by Crippen LogP contribution is -2.21. The van der Waals surface area contributed by atoms with Crippen LogP contribution in [0.15, 0.2) is 30.5 Å². The molecule has 0 unspecified atom stereocenters. The van der Waals surface area contributed by atoms with Gasteiger partial charge in [0.05, 0.1) is 49.3 Å². The Morgan fingerprint density at radius 1 is 1.04 bits per heavy atom. The number of aromatic nitrogens is 3. The normalized spacial score (nSPS) is 17.9. The van der Waals surface area contributed by atoms with Crippen LogP contribution in [0.4, 0.5) is 36.3 Å². The van der Waals surface area contributed by atoms with E-state index >= 15 is 0 Å². The zero-order valence-corrected chi connectivity index (χ0v) is 28.4. The van der Waals surface area contributed by atoms with Crippen molar-refractivity contribution < 1.29 is 46.2 Å². The first-order valence-electron chi connectivity index (χ1n) is 15.8. The Balaban J connectivity index is 1.45. The fraction of sp³-hybridized carbons (Fsp3) is 0.469. The number of hydrogen-bond donors (Lipinski definition) is 3. The monoisotopic (exact) mass is 706 g/mol. The Morgan fingerprint density at radius 2 is 1.71 bits per heavy atom. The maximum Gasteiger partial charge on any atom is 0.421 e. The highest BCUT2D eigenvalue weighted by molar-refractivity contribution is 7.53. The molecule has 49 heavy (non-hydrogen) atoms. The number of amides is 1. The van der Waals surface area contributed by atoms with E-state index < -0.39 is 37.0 Å². The second-order valence-electron chi connectivity index (χ2n) is 11.8. The Kier molecular flexibility index (Phi) is 10.8. The molecule has 1 saturated carbocycles. The van der Waals surface area contributed by atoms with Gasteiger partial charge in [-0.3, -0.25) is 14.2 Å². The maximum absolute atomic E-state index is 14.2. The molecule has 3 N–H and O–H groups in total. The van der Waals surface area contributed by atoms with Crippen LogP contribution in [0.3, 0.4) is 0 Å². The summed E-state index contributed by atoms with van der Waals surface area (Å²) in [6, 6.07) is 6.43.